The van der Waals surface area contributed by atoms with Crippen molar-refractivity contribution in [2.45, 2.75) is 38.8 Å². The smallest absolute Gasteiger partial charge is 0.416 e. The molecule has 0 atom stereocenters. The van der Waals surface area contributed by atoms with E-state index in [9.17, 15) is 22.8 Å². The van der Waals surface area contributed by atoms with Gasteiger partial charge < -0.3 is 14.8 Å². The van der Waals surface area contributed by atoms with Crippen molar-refractivity contribution in [1.29, 1.82) is 0 Å². The summed E-state index contributed by atoms with van der Waals surface area (Å²) >= 11 is 0. The summed E-state index contributed by atoms with van der Waals surface area (Å²) in [5.41, 5.74) is 0.544. The number of halogens is 3. The third kappa shape index (κ3) is 7.42. The van der Waals surface area contributed by atoms with Crippen LogP contribution in [0.4, 0.5) is 18.9 Å². The van der Waals surface area contributed by atoms with E-state index in [1.807, 2.05) is 24.3 Å². The van der Waals surface area contributed by atoms with E-state index >= 15 is 0 Å². The quantitative estimate of drug-likeness (QED) is 0.640. The Labute approximate surface area is 173 Å². The fourth-order valence-electron chi connectivity index (χ4n) is 2.46. The van der Waals surface area contributed by atoms with Crippen LogP contribution in [0.15, 0.2) is 48.5 Å². The number of esters is 1. The number of benzene rings is 2. The molecule has 0 bridgehead atoms. The lowest BCUT2D eigenvalue weighted by Gasteiger charge is -2.19. The van der Waals surface area contributed by atoms with Gasteiger partial charge >= 0.3 is 12.1 Å². The highest BCUT2D eigenvalue weighted by atomic mass is 19.4. The first-order valence-corrected chi connectivity index (χ1v) is 9.31. The maximum Gasteiger partial charge on any atom is 0.416 e. The van der Waals surface area contributed by atoms with Crippen LogP contribution in [0.2, 0.25) is 0 Å². The lowest BCUT2D eigenvalue weighted by molar-refractivity contribution is -0.147. The van der Waals surface area contributed by atoms with Crippen molar-refractivity contribution < 1.29 is 32.2 Å². The fraction of sp³-hybridized carbons (Fsp3) is 0.364. The molecule has 2 aromatic rings. The Morgan fingerprint density at radius 2 is 1.47 bits per heavy atom. The molecular weight excluding hydrogens is 399 g/mol. The van der Waals surface area contributed by atoms with Gasteiger partial charge in [0.25, 0.3) is 5.91 Å². The molecule has 0 spiro atoms. The highest BCUT2D eigenvalue weighted by molar-refractivity contribution is 5.92. The van der Waals surface area contributed by atoms with Gasteiger partial charge in [0.05, 0.1) is 18.6 Å². The minimum Gasteiger partial charge on any atom is -0.493 e. The second-order valence-electron chi connectivity index (χ2n) is 7.66. The molecule has 1 amide bonds. The molecule has 0 aliphatic heterocycles. The van der Waals surface area contributed by atoms with Crippen molar-refractivity contribution in [2.75, 3.05) is 18.5 Å². The predicted octanol–water partition coefficient (Wildman–Crippen LogP) is 4.95. The van der Waals surface area contributed by atoms with Crippen LogP contribution in [0, 0.1) is 0 Å². The van der Waals surface area contributed by atoms with Gasteiger partial charge in [-0.2, -0.15) is 13.2 Å². The van der Waals surface area contributed by atoms with Crippen LogP contribution in [0.3, 0.4) is 0 Å². The molecule has 30 heavy (non-hydrogen) atoms. The normalized spacial score (nSPS) is 11.7. The lowest BCUT2D eigenvalue weighted by Crippen LogP contribution is -2.21. The van der Waals surface area contributed by atoms with Crippen molar-refractivity contribution in [3.63, 3.8) is 0 Å². The lowest BCUT2D eigenvalue weighted by atomic mass is 9.87. The molecule has 2 rings (SSSR count). The minimum atomic E-state index is -4.45. The highest BCUT2D eigenvalue weighted by Gasteiger charge is 2.30. The zero-order valence-electron chi connectivity index (χ0n) is 17.0. The first kappa shape index (κ1) is 23.3. The van der Waals surface area contributed by atoms with Gasteiger partial charge in [-0.25, -0.2) is 0 Å². The summed E-state index contributed by atoms with van der Waals surface area (Å²) in [5.74, 6) is -0.651. The number of rotatable bonds is 7. The second-order valence-corrected chi connectivity index (χ2v) is 7.66. The number of carbonyl (C=O) groups is 2. The summed E-state index contributed by atoms with van der Waals surface area (Å²) in [6.45, 7) is 5.86. The topological polar surface area (TPSA) is 64.6 Å². The van der Waals surface area contributed by atoms with Crippen molar-refractivity contribution in [3.05, 3.63) is 59.7 Å². The molecule has 0 saturated carbocycles. The Morgan fingerprint density at radius 1 is 0.900 bits per heavy atom. The number of hydrogen-bond donors (Lipinski definition) is 1. The monoisotopic (exact) mass is 423 g/mol. The van der Waals surface area contributed by atoms with Crippen LogP contribution in [-0.2, 0) is 25.9 Å². The molecule has 0 fully saturated rings. The average Bonchev–Trinajstić information content (AvgIpc) is 2.66. The van der Waals surface area contributed by atoms with Crippen LogP contribution in [0.5, 0.6) is 5.75 Å². The van der Waals surface area contributed by atoms with Crippen molar-refractivity contribution in [1.82, 2.24) is 0 Å². The number of alkyl halides is 3. The Kier molecular flexibility index (Phi) is 7.48. The third-order valence-corrected chi connectivity index (χ3v) is 4.16. The molecular formula is C22H24F3NO4. The zero-order valence-corrected chi connectivity index (χ0v) is 17.0. The molecule has 0 aliphatic rings. The molecule has 8 heteroatoms. The standard InChI is InChI=1S/C22H24F3NO4/c1-21(2,3)15-6-10-18(11-7-15)29-13-12-20(28)30-14-19(27)26-17-8-4-16(5-9-17)22(23,24)25/h4-11H,12-14H2,1-3H3,(H,26,27). The van der Waals surface area contributed by atoms with Gasteiger partial charge in [-0.05, 0) is 47.4 Å². The van der Waals surface area contributed by atoms with E-state index in [0.29, 0.717) is 5.75 Å². The van der Waals surface area contributed by atoms with Crippen molar-refractivity contribution in [3.8, 4) is 5.75 Å². The van der Waals surface area contributed by atoms with Gasteiger partial charge in [-0.3, -0.25) is 9.59 Å². The van der Waals surface area contributed by atoms with Crippen molar-refractivity contribution >= 4 is 17.6 Å². The van der Waals surface area contributed by atoms with Crippen LogP contribution in [-0.4, -0.2) is 25.1 Å². The summed E-state index contributed by atoms with van der Waals surface area (Å²) in [6.07, 6.45) is -4.50. The number of amides is 1. The van der Waals surface area contributed by atoms with Gasteiger partial charge in [-0.1, -0.05) is 32.9 Å². The molecule has 1 N–H and O–H groups in total. The summed E-state index contributed by atoms with van der Waals surface area (Å²) in [7, 11) is 0. The maximum absolute atomic E-state index is 12.5. The van der Waals surface area contributed by atoms with E-state index in [4.69, 9.17) is 9.47 Å². The summed E-state index contributed by atoms with van der Waals surface area (Å²) in [6, 6.07) is 11.5. The summed E-state index contributed by atoms with van der Waals surface area (Å²) < 4.78 is 47.9. The SMILES string of the molecule is CC(C)(C)c1ccc(OCCC(=O)OCC(=O)Nc2ccc(C(F)(F)F)cc2)cc1. The number of carbonyl (C=O) groups excluding carboxylic acids is 2. The Bertz CT molecular complexity index is 854. The predicted molar refractivity (Wildman–Crippen MR) is 106 cm³/mol. The van der Waals surface area contributed by atoms with Gasteiger partial charge in [0.2, 0.25) is 0 Å². The van der Waals surface area contributed by atoms with Gasteiger partial charge in [0, 0.05) is 5.69 Å². The minimum absolute atomic E-state index is 0.0310. The summed E-state index contributed by atoms with van der Waals surface area (Å²) in [5, 5.41) is 2.36. The molecule has 0 radical (unpaired) electrons. The molecule has 0 unspecified atom stereocenters. The Hall–Kier alpha value is -3.03. The Balaban J connectivity index is 1.69. The molecule has 0 aromatic heterocycles. The molecule has 5 nitrogen and oxygen atoms in total. The maximum atomic E-state index is 12.5. The fourth-order valence-corrected chi connectivity index (χ4v) is 2.46. The van der Waals surface area contributed by atoms with Crippen LogP contribution < -0.4 is 10.1 Å². The number of ether oxygens (including phenoxy) is 2. The van der Waals surface area contributed by atoms with Gasteiger partial charge in [0.15, 0.2) is 6.61 Å². The number of hydrogen-bond acceptors (Lipinski definition) is 4. The number of anilines is 1. The highest BCUT2D eigenvalue weighted by Crippen LogP contribution is 2.29. The zero-order chi connectivity index (χ0) is 22.4. The molecule has 162 valence electrons. The van der Waals surface area contributed by atoms with Gasteiger partial charge in [0.1, 0.15) is 5.75 Å². The first-order chi connectivity index (χ1) is 13.9. The van der Waals surface area contributed by atoms with E-state index in [1.54, 1.807) is 0 Å². The van der Waals surface area contributed by atoms with E-state index < -0.39 is 30.2 Å². The Morgan fingerprint density at radius 3 is 2.00 bits per heavy atom. The third-order valence-electron chi connectivity index (χ3n) is 4.16. The second kappa shape index (κ2) is 9.65. The first-order valence-electron chi connectivity index (χ1n) is 9.31. The molecule has 0 saturated heterocycles. The number of nitrogens with one attached hydrogen (secondary N) is 1. The van der Waals surface area contributed by atoms with Crippen LogP contribution in [0.1, 0.15) is 38.3 Å². The van der Waals surface area contributed by atoms with E-state index in [-0.39, 0.29) is 24.1 Å². The van der Waals surface area contributed by atoms with E-state index in [2.05, 4.69) is 26.1 Å². The van der Waals surface area contributed by atoms with Gasteiger partial charge in [-0.15, -0.1) is 0 Å². The van der Waals surface area contributed by atoms with Crippen molar-refractivity contribution in [2.24, 2.45) is 0 Å². The molecule has 0 aliphatic carbocycles. The molecule has 2 aromatic carbocycles. The van der Waals surface area contributed by atoms with E-state index in [0.717, 1.165) is 29.8 Å². The van der Waals surface area contributed by atoms with E-state index in [1.165, 1.54) is 0 Å². The molecule has 0 heterocycles. The van der Waals surface area contributed by atoms with Crippen LogP contribution in [0.25, 0.3) is 0 Å². The van der Waals surface area contributed by atoms with Crippen LogP contribution >= 0.6 is 0 Å². The summed E-state index contributed by atoms with van der Waals surface area (Å²) in [4.78, 5) is 23.5. The average molecular weight is 423 g/mol. The largest absolute Gasteiger partial charge is 0.493 e.